The predicted octanol–water partition coefficient (Wildman–Crippen LogP) is 4.16. The van der Waals surface area contributed by atoms with Crippen LogP contribution in [0.15, 0.2) is 24.3 Å². The highest BCUT2D eigenvalue weighted by Crippen LogP contribution is 2.30. The van der Waals surface area contributed by atoms with Gasteiger partial charge in [0.15, 0.2) is 5.82 Å². The van der Waals surface area contributed by atoms with E-state index in [1.807, 2.05) is 6.92 Å². The Kier molecular flexibility index (Phi) is 3.59. The standard InChI is InChI=1S/C12H10Cl2FN3/c1-6-2-3-9(15)10(4-6)17-12-8(14)5-7(13)11(16)18-12/h2-5H,1H3,(H3,16,17,18). The van der Waals surface area contributed by atoms with E-state index in [2.05, 4.69) is 10.3 Å². The Bertz CT molecular complexity index is 602. The Morgan fingerprint density at radius 1 is 1.22 bits per heavy atom. The fourth-order valence-electron chi connectivity index (χ4n) is 1.43. The molecule has 0 atom stereocenters. The summed E-state index contributed by atoms with van der Waals surface area (Å²) >= 11 is 11.7. The van der Waals surface area contributed by atoms with Gasteiger partial charge in [-0.15, -0.1) is 0 Å². The molecule has 0 aliphatic rings. The van der Waals surface area contributed by atoms with Gasteiger partial charge in [0.1, 0.15) is 11.6 Å². The second-order valence-electron chi connectivity index (χ2n) is 3.79. The van der Waals surface area contributed by atoms with Crippen molar-refractivity contribution in [1.29, 1.82) is 0 Å². The molecule has 1 aromatic heterocycles. The van der Waals surface area contributed by atoms with Gasteiger partial charge >= 0.3 is 0 Å². The van der Waals surface area contributed by atoms with Crippen molar-refractivity contribution in [3.05, 3.63) is 45.7 Å². The first-order valence-electron chi connectivity index (χ1n) is 5.12. The van der Waals surface area contributed by atoms with Gasteiger partial charge in [-0.2, -0.15) is 0 Å². The molecule has 0 amide bonds. The number of halogens is 3. The third-order valence-corrected chi connectivity index (χ3v) is 2.92. The smallest absolute Gasteiger partial charge is 0.151 e. The molecular weight excluding hydrogens is 276 g/mol. The van der Waals surface area contributed by atoms with E-state index in [-0.39, 0.29) is 27.4 Å². The fourth-order valence-corrected chi connectivity index (χ4v) is 1.84. The van der Waals surface area contributed by atoms with Crippen molar-refractivity contribution in [3.8, 4) is 0 Å². The van der Waals surface area contributed by atoms with E-state index in [0.717, 1.165) is 5.56 Å². The summed E-state index contributed by atoms with van der Waals surface area (Å²) in [5, 5.41) is 3.33. The van der Waals surface area contributed by atoms with Gasteiger partial charge in [0.25, 0.3) is 0 Å². The van der Waals surface area contributed by atoms with E-state index < -0.39 is 5.82 Å². The van der Waals surface area contributed by atoms with Crippen LogP contribution >= 0.6 is 23.2 Å². The van der Waals surface area contributed by atoms with Crippen LogP contribution in [-0.4, -0.2) is 4.98 Å². The molecule has 0 bridgehead atoms. The van der Waals surface area contributed by atoms with Crippen LogP contribution in [0.4, 0.5) is 21.7 Å². The normalized spacial score (nSPS) is 10.4. The Labute approximate surface area is 114 Å². The number of nitrogens with two attached hydrogens (primary N) is 1. The van der Waals surface area contributed by atoms with Gasteiger partial charge in [0.05, 0.1) is 15.7 Å². The highest BCUT2D eigenvalue weighted by Gasteiger charge is 2.09. The van der Waals surface area contributed by atoms with Crippen molar-refractivity contribution in [2.24, 2.45) is 0 Å². The zero-order chi connectivity index (χ0) is 13.3. The maximum atomic E-state index is 13.6. The molecule has 0 unspecified atom stereocenters. The van der Waals surface area contributed by atoms with E-state index in [1.165, 1.54) is 12.1 Å². The summed E-state index contributed by atoms with van der Waals surface area (Å²) < 4.78 is 13.6. The van der Waals surface area contributed by atoms with Crippen LogP contribution < -0.4 is 11.1 Å². The van der Waals surface area contributed by atoms with E-state index in [9.17, 15) is 4.39 Å². The zero-order valence-electron chi connectivity index (χ0n) is 9.47. The lowest BCUT2D eigenvalue weighted by molar-refractivity contribution is 0.631. The van der Waals surface area contributed by atoms with Crippen molar-refractivity contribution in [2.45, 2.75) is 6.92 Å². The SMILES string of the molecule is Cc1ccc(F)c(Nc2nc(N)c(Cl)cc2Cl)c1. The minimum absolute atomic E-state index is 0.136. The van der Waals surface area contributed by atoms with Crippen LogP contribution in [0.25, 0.3) is 0 Å². The molecule has 0 saturated carbocycles. The largest absolute Gasteiger partial charge is 0.382 e. The number of benzene rings is 1. The van der Waals surface area contributed by atoms with E-state index in [0.29, 0.717) is 0 Å². The molecule has 2 aromatic rings. The first-order valence-corrected chi connectivity index (χ1v) is 5.87. The number of aromatic nitrogens is 1. The quantitative estimate of drug-likeness (QED) is 0.871. The van der Waals surface area contributed by atoms with Crippen LogP contribution in [0.5, 0.6) is 0 Å². The predicted molar refractivity (Wildman–Crippen MR) is 73.1 cm³/mol. The zero-order valence-corrected chi connectivity index (χ0v) is 11.0. The third kappa shape index (κ3) is 2.66. The van der Waals surface area contributed by atoms with E-state index in [1.54, 1.807) is 12.1 Å². The third-order valence-electron chi connectivity index (χ3n) is 2.33. The summed E-state index contributed by atoms with van der Waals surface area (Å²) in [5.41, 5.74) is 6.77. The van der Waals surface area contributed by atoms with Crippen LogP contribution in [0.1, 0.15) is 5.56 Å². The van der Waals surface area contributed by atoms with Crippen LogP contribution in [0.3, 0.4) is 0 Å². The highest BCUT2D eigenvalue weighted by molar-refractivity contribution is 6.37. The Hall–Kier alpha value is -1.52. The number of hydrogen-bond donors (Lipinski definition) is 2. The summed E-state index contributed by atoms with van der Waals surface area (Å²) in [6.45, 7) is 1.86. The van der Waals surface area contributed by atoms with E-state index >= 15 is 0 Å². The number of hydrogen-bond acceptors (Lipinski definition) is 3. The maximum absolute atomic E-state index is 13.6. The summed E-state index contributed by atoms with van der Waals surface area (Å²) in [6, 6.07) is 6.15. The van der Waals surface area contributed by atoms with Gasteiger partial charge in [0.2, 0.25) is 0 Å². The monoisotopic (exact) mass is 285 g/mol. The second kappa shape index (κ2) is 5.00. The minimum atomic E-state index is -0.396. The molecular formula is C12H10Cl2FN3. The Morgan fingerprint density at radius 3 is 2.67 bits per heavy atom. The van der Waals surface area contributed by atoms with Crippen LogP contribution in [0.2, 0.25) is 10.0 Å². The molecule has 0 aliphatic carbocycles. The molecule has 1 heterocycles. The summed E-state index contributed by atoms with van der Waals surface area (Å²) in [6.07, 6.45) is 0. The Morgan fingerprint density at radius 2 is 1.94 bits per heavy atom. The van der Waals surface area contributed by atoms with Gasteiger partial charge in [-0.1, -0.05) is 29.3 Å². The van der Waals surface area contributed by atoms with Crippen molar-refractivity contribution < 1.29 is 4.39 Å². The molecule has 94 valence electrons. The molecule has 0 spiro atoms. The molecule has 3 N–H and O–H groups in total. The average molecular weight is 286 g/mol. The summed E-state index contributed by atoms with van der Waals surface area (Å²) in [5.74, 6) is 0.00619. The lowest BCUT2D eigenvalue weighted by Gasteiger charge is -2.10. The molecule has 0 aliphatic heterocycles. The molecule has 1 aromatic carbocycles. The second-order valence-corrected chi connectivity index (χ2v) is 4.61. The van der Waals surface area contributed by atoms with Crippen molar-refractivity contribution in [2.75, 3.05) is 11.1 Å². The van der Waals surface area contributed by atoms with Crippen molar-refractivity contribution in [3.63, 3.8) is 0 Å². The van der Waals surface area contributed by atoms with Crippen molar-refractivity contribution in [1.82, 2.24) is 4.98 Å². The molecule has 2 rings (SSSR count). The first kappa shape index (κ1) is 12.9. The van der Waals surface area contributed by atoms with Crippen LogP contribution in [-0.2, 0) is 0 Å². The number of nitrogens with zero attached hydrogens (tertiary/aromatic N) is 1. The van der Waals surface area contributed by atoms with Gasteiger partial charge in [-0.05, 0) is 30.7 Å². The maximum Gasteiger partial charge on any atom is 0.151 e. The average Bonchev–Trinajstić information content (AvgIpc) is 2.30. The molecule has 6 heteroatoms. The lowest BCUT2D eigenvalue weighted by atomic mass is 10.2. The number of rotatable bonds is 2. The minimum Gasteiger partial charge on any atom is -0.382 e. The topological polar surface area (TPSA) is 50.9 Å². The first-order chi connectivity index (χ1) is 8.47. The van der Waals surface area contributed by atoms with Crippen LogP contribution in [0, 0.1) is 12.7 Å². The van der Waals surface area contributed by atoms with E-state index in [4.69, 9.17) is 28.9 Å². The summed E-state index contributed by atoms with van der Waals surface area (Å²) in [4.78, 5) is 3.97. The van der Waals surface area contributed by atoms with Gasteiger partial charge in [-0.3, -0.25) is 0 Å². The molecule has 0 radical (unpaired) electrons. The van der Waals surface area contributed by atoms with Gasteiger partial charge in [0, 0.05) is 0 Å². The lowest BCUT2D eigenvalue weighted by Crippen LogP contribution is -2.00. The number of nitrogens with one attached hydrogen (secondary N) is 1. The highest BCUT2D eigenvalue weighted by atomic mass is 35.5. The number of anilines is 3. The number of nitrogen functional groups attached to an aromatic ring is 1. The van der Waals surface area contributed by atoms with Crippen molar-refractivity contribution >= 4 is 40.5 Å². The van der Waals surface area contributed by atoms with Gasteiger partial charge < -0.3 is 11.1 Å². The Balaban J connectivity index is 2.40. The molecule has 18 heavy (non-hydrogen) atoms. The molecule has 0 fully saturated rings. The number of pyridine rings is 1. The van der Waals surface area contributed by atoms with Gasteiger partial charge in [-0.25, -0.2) is 9.37 Å². The molecule has 0 saturated heterocycles. The fraction of sp³-hybridized carbons (Fsp3) is 0.0833. The summed E-state index contributed by atoms with van der Waals surface area (Å²) in [7, 11) is 0. The number of aryl methyl sites for hydroxylation is 1. The molecule has 3 nitrogen and oxygen atoms in total.